The molecule has 0 saturated carbocycles. The van der Waals surface area contributed by atoms with Crippen molar-refractivity contribution in [2.24, 2.45) is 0 Å². The molecule has 66 valence electrons. The molecule has 0 N–H and O–H groups in total. The first-order chi connectivity index (χ1) is 5.56. The highest BCUT2D eigenvalue weighted by atomic mass is 16.6. The summed E-state index contributed by atoms with van der Waals surface area (Å²) in [6, 6.07) is 0. The fourth-order valence-electron chi connectivity index (χ4n) is 0.303. The van der Waals surface area contributed by atoms with Crippen LogP contribution in [0, 0.1) is 0 Å². The Kier molecular flexibility index (Phi) is 4.36. The third-order valence-corrected chi connectivity index (χ3v) is 0.768. The highest BCUT2D eigenvalue weighted by molar-refractivity contribution is 6.04. The molecular formula is C7H9NO4. The van der Waals surface area contributed by atoms with Crippen LogP contribution in [0.1, 0.15) is 0 Å². The van der Waals surface area contributed by atoms with Crippen LogP contribution in [0.2, 0.25) is 0 Å². The molecule has 0 aromatic carbocycles. The number of hydrogen-bond donors (Lipinski definition) is 0. The molecule has 0 spiro atoms. The summed E-state index contributed by atoms with van der Waals surface area (Å²) < 4.78 is 3.97. The van der Waals surface area contributed by atoms with Gasteiger partial charge in [0, 0.05) is 26.2 Å². The summed E-state index contributed by atoms with van der Waals surface area (Å²) in [4.78, 5) is 30.7. The van der Waals surface area contributed by atoms with E-state index in [4.69, 9.17) is 0 Å². The highest BCUT2D eigenvalue weighted by Crippen LogP contribution is 1.92. The van der Waals surface area contributed by atoms with Crippen LogP contribution >= 0.6 is 0 Å². The first-order valence-corrected chi connectivity index (χ1v) is 3.12. The monoisotopic (exact) mass is 171 g/mol. The number of nitrogens with zero attached hydrogens (tertiary/aromatic N) is 1. The summed E-state index contributed by atoms with van der Waals surface area (Å²) in [5, 5.41) is 0. The number of ether oxygens (including phenoxy) is 1. The normalized spacial score (nSPS) is 13.2. The third kappa shape index (κ3) is 5.16. The molecule has 0 radical (unpaired) electrons. The van der Waals surface area contributed by atoms with E-state index in [0.29, 0.717) is 0 Å². The second kappa shape index (κ2) is 5.06. The van der Waals surface area contributed by atoms with Crippen molar-refractivity contribution >= 4 is 18.3 Å². The second-order valence-electron chi connectivity index (χ2n) is 2.14. The lowest BCUT2D eigenvalue weighted by molar-refractivity contribution is -0.150. The predicted molar refractivity (Wildman–Crippen MR) is 40.0 cm³/mol. The number of esters is 2. The third-order valence-electron chi connectivity index (χ3n) is 0.768. The van der Waals surface area contributed by atoms with E-state index in [9.17, 15) is 14.4 Å². The standard InChI is InChI=1S/C4H2O3.C3H7NO/c5-3-1-2-4(6)7-3;1-4(2)3-5/h1-2H;3H,1-2H3. The van der Waals surface area contributed by atoms with Crippen molar-refractivity contribution in [3.63, 3.8) is 0 Å². The first-order valence-electron chi connectivity index (χ1n) is 3.12. The minimum absolute atomic E-state index is 0.579. The minimum atomic E-state index is -0.579. The smallest absolute Gasteiger partial charge is 0.338 e. The molecule has 5 heteroatoms. The molecule has 1 amide bonds. The minimum Gasteiger partial charge on any atom is -0.387 e. The van der Waals surface area contributed by atoms with Gasteiger partial charge in [0.1, 0.15) is 0 Å². The zero-order valence-electron chi connectivity index (χ0n) is 6.81. The van der Waals surface area contributed by atoms with Crippen molar-refractivity contribution in [1.82, 2.24) is 4.90 Å². The Balaban J connectivity index is 0.000000217. The summed E-state index contributed by atoms with van der Waals surface area (Å²) in [6.07, 6.45) is 2.92. The molecule has 0 fully saturated rings. The first kappa shape index (κ1) is 10.3. The molecule has 1 aliphatic heterocycles. The van der Waals surface area contributed by atoms with Crippen LogP contribution in [-0.2, 0) is 19.1 Å². The molecule has 0 unspecified atom stereocenters. The van der Waals surface area contributed by atoms with Crippen molar-refractivity contribution in [2.45, 2.75) is 0 Å². The van der Waals surface area contributed by atoms with E-state index in [0.717, 1.165) is 18.6 Å². The van der Waals surface area contributed by atoms with Gasteiger partial charge in [-0.2, -0.15) is 0 Å². The van der Waals surface area contributed by atoms with E-state index in [1.54, 1.807) is 14.1 Å². The number of cyclic esters (lactones) is 2. The molecule has 0 aliphatic carbocycles. The molecule has 1 aliphatic rings. The molecule has 0 bridgehead atoms. The second-order valence-corrected chi connectivity index (χ2v) is 2.14. The van der Waals surface area contributed by atoms with E-state index in [-0.39, 0.29) is 0 Å². The fraction of sp³-hybridized carbons (Fsp3) is 0.286. The number of amides is 1. The summed E-state index contributed by atoms with van der Waals surface area (Å²) in [7, 11) is 3.38. The van der Waals surface area contributed by atoms with Crippen LogP contribution in [0.15, 0.2) is 12.2 Å². The van der Waals surface area contributed by atoms with Crippen molar-refractivity contribution in [1.29, 1.82) is 0 Å². The Hall–Kier alpha value is -1.65. The summed E-state index contributed by atoms with van der Waals surface area (Å²) in [5.41, 5.74) is 0. The largest absolute Gasteiger partial charge is 0.387 e. The van der Waals surface area contributed by atoms with E-state index in [2.05, 4.69) is 4.74 Å². The van der Waals surface area contributed by atoms with Gasteiger partial charge in [-0.3, -0.25) is 4.79 Å². The number of rotatable bonds is 1. The Labute approximate surface area is 69.6 Å². The Morgan fingerprint density at radius 1 is 1.25 bits per heavy atom. The van der Waals surface area contributed by atoms with Gasteiger partial charge in [0.15, 0.2) is 0 Å². The number of carbonyl (C=O) groups excluding carboxylic acids is 3. The Morgan fingerprint density at radius 3 is 1.67 bits per heavy atom. The van der Waals surface area contributed by atoms with Crippen molar-refractivity contribution in [2.75, 3.05) is 14.1 Å². The van der Waals surface area contributed by atoms with Crippen LogP contribution in [0.5, 0.6) is 0 Å². The van der Waals surface area contributed by atoms with Gasteiger partial charge in [-0.05, 0) is 0 Å². The maximum absolute atomic E-state index is 9.92. The molecule has 0 saturated heterocycles. The topological polar surface area (TPSA) is 63.7 Å². The van der Waals surface area contributed by atoms with Crippen molar-refractivity contribution < 1.29 is 19.1 Å². The summed E-state index contributed by atoms with van der Waals surface area (Å²) in [6.45, 7) is 0. The predicted octanol–water partition coefficient (Wildman–Crippen LogP) is -0.670. The molecule has 0 atom stereocenters. The van der Waals surface area contributed by atoms with E-state index in [1.807, 2.05) is 0 Å². The van der Waals surface area contributed by atoms with Crippen LogP contribution in [0.4, 0.5) is 0 Å². The fourth-order valence-corrected chi connectivity index (χ4v) is 0.303. The van der Waals surface area contributed by atoms with Crippen LogP contribution in [-0.4, -0.2) is 37.3 Å². The Bertz CT molecular complexity index is 203. The zero-order chi connectivity index (χ0) is 9.56. The van der Waals surface area contributed by atoms with Crippen molar-refractivity contribution in [3.05, 3.63) is 12.2 Å². The van der Waals surface area contributed by atoms with Gasteiger partial charge >= 0.3 is 11.9 Å². The van der Waals surface area contributed by atoms with E-state index in [1.165, 1.54) is 4.90 Å². The van der Waals surface area contributed by atoms with Crippen LogP contribution in [0.3, 0.4) is 0 Å². The average Bonchev–Trinajstić information content (AvgIpc) is 2.36. The summed E-state index contributed by atoms with van der Waals surface area (Å²) >= 11 is 0. The molecule has 1 heterocycles. The highest BCUT2D eigenvalue weighted by Gasteiger charge is 2.10. The van der Waals surface area contributed by atoms with Gasteiger partial charge in [0.2, 0.25) is 6.41 Å². The van der Waals surface area contributed by atoms with Crippen molar-refractivity contribution in [3.8, 4) is 0 Å². The zero-order valence-corrected chi connectivity index (χ0v) is 6.81. The van der Waals surface area contributed by atoms with E-state index >= 15 is 0 Å². The van der Waals surface area contributed by atoms with Gasteiger partial charge in [-0.1, -0.05) is 0 Å². The SMILES string of the molecule is CN(C)C=O.O=C1C=CC(=O)O1. The molecular weight excluding hydrogens is 162 g/mol. The van der Waals surface area contributed by atoms with Gasteiger partial charge in [0.25, 0.3) is 0 Å². The van der Waals surface area contributed by atoms with Gasteiger partial charge in [-0.25, -0.2) is 9.59 Å². The maximum Gasteiger partial charge on any atom is 0.338 e. The van der Waals surface area contributed by atoms with Gasteiger partial charge in [0.05, 0.1) is 0 Å². The molecule has 5 nitrogen and oxygen atoms in total. The Morgan fingerprint density at radius 2 is 1.58 bits per heavy atom. The molecule has 0 aromatic heterocycles. The lowest BCUT2D eigenvalue weighted by Crippen LogP contribution is -2.06. The van der Waals surface area contributed by atoms with Gasteiger partial charge < -0.3 is 9.64 Å². The number of hydrogen-bond acceptors (Lipinski definition) is 4. The number of carbonyl (C=O) groups is 3. The molecule has 0 aromatic rings. The lowest BCUT2D eigenvalue weighted by Gasteiger charge is -1.93. The quantitative estimate of drug-likeness (QED) is 0.298. The summed E-state index contributed by atoms with van der Waals surface area (Å²) in [5.74, 6) is -1.16. The average molecular weight is 171 g/mol. The van der Waals surface area contributed by atoms with E-state index < -0.39 is 11.9 Å². The molecule has 12 heavy (non-hydrogen) atoms. The van der Waals surface area contributed by atoms with Gasteiger partial charge in [-0.15, -0.1) is 0 Å². The maximum atomic E-state index is 9.92. The molecule has 1 rings (SSSR count). The lowest BCUT2D eigenvalue weighted by atomic mass is 10.6. The van der Waals surface area contributed by atoms with Crippen LogP contribution in [0.25, 0.3) is 0 Å². The van der Waals surface area contributed by atoms with Crippen LogP contribution < -0.4 is 0 Å².